The van der Waals surface area contributed by atoms with Crippen LogP contribution in [0, 0.1) is 0 Å². The molecule has 0 atom stereocenters. The molecule has 36 heavy (non-hydrogen) atoms. The van der Waals surface area contributed by atoms with E-state index in [1.165, 1.54) is 13.5 Å². The molecule has 2 fully saturated rings. The highest BCUT2D eigenvalue weighted by atomic mass is 35.5. The topological polar surface area (TPSA) is 101 Å². The van der Waals surface area contributed by atoms with Crippen molar-refractivity contribution in [1.82, 2.24) is 19.9 Å². The van der Waals surface area contributed by atoms with Crippen molar-refractivity contribution in [2.75, 3.05) is 37.0 Å². The van der Waals surface area contributed by atoms with E-state index < -0.39 is 0 Å². The number of rotatable bonds is 7. The zero-order valence-electron chi connectivity index (χ0n) is 20.4. The van der Waals surface area contributed by atoms with Crippen LogP contribution in [0.1, 0.15) is 51.0 Å². The lowest BCUT2D eigenvalue weighted by Gasteiger charge is -2.27. The van der Waals surface area contributed by atoms with E-state index in [0.29, 0.717) is 16.8 Å². The first-order valence-corrected chi connectivity index (χ1v) is 13.0. The summed E-state index contributed by atoms with van der Waals surface area (Å²) in [6.07, 6.45) is 9.20. The largest absolute Gasteiger partial charge is 0.478 e. The summed E-state index contributed by atoms with van der Waals surface area (Å²) in [7, 11) is 1.54. The number of likely N-dealkylation sites (N-methyl/N-ethyl adjacent to an activating group) is 1. The molecule has 0 radical (unpaired) electrons. The van der Waals surface area contributed by atoms with Crippen LogP contribution in [0.2, 0.25) is 5.02 Å². The van der Waals surface area contributed by atoms with Gasteiger partial charge in [0, 0.05) is 37.3 Å². The Morgan fingerprint density at radius 3 is 2.67 bits per heavy atom. The minimum absolute atomic E-state index is 0.116. The van der Waals surface area contributed by atoms with E-state index in [0.717, 1.165) is 68.2 Å². The summed E-state index contributed by atoms with van der Waals surface area (Å²) in [5.74, 6) is 1.08. The second kappa shape index (κ2) is 10.7. The maximum absolute atomic E-state index is 13.3. The Kier molecular flexibility index (Phi) is 7.27. The number of benzene rings is 1. The number of carbonyl (C=O) groups excluding carboxylic acids is 1. The van der Waals surface area contributed by atoms with E-state index in [9.17, 15) is 9.59 Å². The van der Waals surface area contributed by atoms with Gasteiger partial charge in [0.15, 0.2) is 18.2 Å². The van der Waals surface area contributed by atoms with E-state index in [-0.39, 0.29) is 29.9 Å². The summed E-state index contributed by atoms with van der Waals surface area (Å²) in [4.78, 5) is 36.4. The number of aromatic nitrogens is 3. The van der Waals surface area contributed by atoms with Crippen LogP contribution in [-0.4, -0.2) is 47.2 Å². The van der Waals surface area contributed by atoms with E-state index in [2.05, 4.69) is 25.5 Å². The molecule has 0 bridgehead atoms. The van der Waals surface area contributed by atoms with Gasteiger partial charge < -0.3 is 24.8 Å². The Hall–Kier alpha value is -3.33. The number of amides is 1. The Morgan fingerprint density at radius 1 is 1.14 bits per heavy atom. The quantitative estimate of drug-likeness (QED) is 0.485. The summed E-state index contributed by atoms with van der Waals surface area (Å²) in [5, 5.41) is 7.11. The molecule has 0 spiro atoms. The molecular weight excluding hydrogens is 480 g/mol. The van der Waals surface area contributed by atoms with Gasteiger partial charge in [-0.05, 0) is 56.4 Å². The number of fused-ring (bicyclic) bond motifs is 1. The maximum Gasteiger partial charge on any atom is 0.293 e. The molecule has 1 amide bonds. The average molecular weight is 511 g/mol. The number of ether oxygens (including phenoxy) is 1. The van der Waals surface area contributed by atoms with Gasteiger partial charge in [0.05, 0.1) is 11.7 Å². The maximum atomic E-state index is 13.3. The Morgan fingerprint density at radius 2 is 1.92 bits per heavy atom. The number of nitrogens with one attached hydrogen (secondary N) is 2. The molecule has 1 aromatic carbocycles. The second-order valence-electron chi connectivity index (χ2n) is 9.40. The SMILES string of the molecule is CNC(=O)COc1cc2cc(Nc3nc(N4CCCCC4)ncc3Cl)ccc2n(C2CCCC2)c1=O. The van der Waals surface area contributed by atoms with Gasteiger partial charge in [0.25, 0.3) is 11.5 Å². The highest BCUT2D eigenvalue weighted by Gasteiger charge is 2.23. The van der Waals surface area contributed by atoms with Crippen molar-refractivity contribution >= 4 is 45.9 Å². The van der Waals surface area contributed by atoms with Gasteiger partial charge in [-0.1, -0.05) is 24.4 Å². The standard InChI is InChI=1S/C26H31ClN6O3/c1-28-23(34)16-36-22-14-17-13-18(9-10-21(17)33(25(22)35)19-7-3-4-8-19)30-24-20(27)15-29-26(31-24)32-11-5-2-6-12-32/h9-10,13-15,19H,2-8,11-12,16H2,1H3,(H,28,34)(H,29,30,31). The van der Waals surface area contributed by atoms with Crippen molar-refractivity contribution in [2.24, 2.45) is 0 Å². The summed E-state index contributed by atoms with van der Waals surface area (Å²) < 4.78 is 7.48. The average Bonchev–Trinajstić information content (AvgIpc) is 3.43. The zero-order valence-corrected chi connectivity index (χ0v) is 21.2. The number of carbonyl (C=O) groups is 1. The number of hydrogen-bond acceptors (Lipinski definition) is 7. The second-order valence-corrected chi connectivity index (χ2v) is 9.80. The van der Waals surface area contributed by atoms with E-state index >= 15 is 0 Å². The van der Waals surface area contributed by atoms with Crippen molar-refractivity contribution in [1.29, 1.82) is 0 Å². The summed E-state index contributed by atoms with van der Waals surface area (Å²) in [5.41, 5.74) is 1.41. The highest BCUT2D eigenvalue weighted by molar-refractivity contribution is 6.32. The van der Waals surface area contributed by atoms with Crippen LogP contribution in [0.3, 0.4) is 0 Å². The Labute approximate surface area is 214 Å². The lowest BCUT2D eigenvalue weighted by atomic mass is 10.1. The smallest absolute Gasteiger partial charge is 0.293 e. The van der Waals surface area contributed by atoms with Crippen LogP contribution in [0.4, 0.5) is 17.5 Å². The number of piperidine rings is 1. The van der Waals surface area contributed by atoms with Crippen LogP contribution < -0.4 is 25.8 Å². The molecule has 2 N–H and O–H groups in total. The van der Waals surface area contributed by atoms with Gasteiger partial charge in [-0.25, -0.2) is 4.98 Å². The molecule has 3 aromatic rings. The highest BCUT2D eigenvalue weighted by Crippen LogP contribution is 2.33. The zero-order chi connectivity index (χ0) is 25.1. The molecule has 2 aliphatic rings. The third-order valence-electron chi connectivity index (χ3n) is 6.96. The molecule has 3 heterocycles. The number of pyridine rings is 1. The van der Waals surface area contributed by atoms with Gasteiger partial charge in [-0.15, -0.1) is 0 Å². The predicted molar refractivity (Wildman–Crippen MR) is 142 cm³/mol. The van der Waals surface area contributed by atoms with E-state index in [1.54, 1.807) is 12.3 Å². The fraction of sp³-hybridized carbons (Fsp3) is 0.462. The van der Waals surface area contributed by atoms with Gasteiger partial charge in [-0.3, -0.25) is 9.59 Å². The molecule has 1 saturated carbocycles. The van der Waals surface area contributed by atoms with E-state index in [4.69, 9.17) is 16.3 Å². The van der Waals surface area contributed by atoms with Crippen molar-refractivity contribution < 1.29 is 9.53 Å². The van der Waals surface area contributed by atoms with Crippen LogP contribution in [0.15, 0.2) is 35.3 Å². The molecule has 1 aliphatic carbocycles. The molecule has 1 saturated heterocycles. The molecule has 0 unspecified atom stereocenters. The third kappa shape index (κ3) is 5.11. The minimum Gasteiger partial charge on any atom is -0.478 e. The van der Waals surface area contributed by atoms with Crippen LogP contribution in [-0.2, 0) is 4.79 Å². The van der Waals surface area contributed by atoms with Crippen molar-refractivity contribution in [3.8, 4) is 5.75 Å². The first-order valence-electron chi connectivity index (χ1n) is 12.6. The van der Waals surface area contributed by atoms with E-state index in [1.807, 2.05) is 22.8 Å². The number of anilines is 3. The normalized spacial score (nSPS) is 16.3. The van der Waals surface area contributed by atoms with Gasteiger partial charge in [0.2, 0.25) is 5.95 Å². The van der Waals surface area contributed by atoms with Gasteiger partial charge in [-0.2, -0.15) is 4.98 Å². The summed E-state index contributed by atoms with van der Waals surface area (Å²) in [6, 6.07) is 7.65. The van der Waals surface area contributed by atoms with Gasteiger partial charge >= 0.3 is 0 Å². The van der Waals surface area contributed by atoms with Crippen LogP contribution in [0.5, 0.6) is 5.75 Å². The first-order chi connectivity index (χ1) is 17.5. The monoisotopic (exact) mass is 510 g/mol. The van der Waals surface area contributed by atoms with Gasteiger partial charge in [0.1, 0.15) is 5.02 Å². The van der Waals surface area contributed by atoms with Crippen molar-refractivity contribution in [3.63, 3.8) is 0 Å². The molecular formula is C26H31ClN6O3. The number of halogens is 1. The molecule has 190 valence electrons. The lowest BCUT2D eigenvalue weighted by molar-refractivity contribution is -0.122. The fourth-order valence-corrected chi connectivity index (χ4v) is 5.21. The molecule has 5 rings (SSSR count). The first kappa shape index (κ1) is 24.4. The molecule has 2 aromatic heterocycles. The number of nitrogens with zero attached hydrogens (tertiary/aromatic N) is 4. The van der Waals surface area contributed by atoms with Crippen molar-refractivity contribution in [3.05, 3.63) is 45.8 Å². The molecule has 9 nitrogen and oxygen atoms in total. The van der Waals surface area contributed by atoms with Crippen molar-refractivity contribution in [2.45, 2.75) is 51.0 Å². The number of hydrogen-bond donors (Lipinski definition) is 2. The lowest BCUT2D eigenvalue weighted by Crippen LogP contribution is -2.31. The summed E-state index contributed by atoms with van der Waals surface area (Å²) in [6.45, 7) is 1.67. The summed E-state index contributed by atoms with van der Waals surface area (Å²) >= 11 is 6.44. The molecule has 1 aliphatic heterocycles. The van der Waals surface area contributed by atoms with Crippen LogP contribution in [0.25, 0.3) is 10.9 Å². The minimum atomic E-state index is -0.291. The predicted octanol–water partition coefficient (Wildman–Crippen LogP) is 4.42. The Bertz CT molecular complexity index is 1320. The van der Waals surface area contributed by atoms with Crippen LogP contribution >= 0.6 is 11.6 Å². The fourth-order valence-electron chi connectivity index (χ4n) is 5.07. The third-order valence-corrected chi connectivity index (χ3v) is 7.24. The molecule has 10 heteroatoms. The Balaban J connectivity index is 1.49.